The number of carbonyl (C=O) groups excluding carboxylic acids is 1. The lowest BCUT2D eigenvalue weighted by Gasteiger charge is -2.32. The number of para-hydroxylation sites is 1. The second kappa shape index (κ2) is 5.13. The Hall–Kier alpha value is -2.49. The van der Waals surface area contributed by atoms with Crippen LogP contribution in [-0.2, 0) is 4.79 Å². The van der Waals surface area contributed by atoms with Crippen LogP contribution in [0.1, 0.15) is 23.6 Å². The van der Waals surface area contributed by atoms with E-state index in [4.69, 9.17) is 0 Å². The lowest BCUT2D eigenvalue weighted by Crippen LogP contribution is -2.35. The topological polar surface area (TPSA) is 52.6 Å². The van der Waals surface area contributed by atoms with Gasteiger partial charge in [0.25, 0.3) is 0 Å². The summed E-state index contributed by atoms with van der Waals surface area (Å²) in [4.78, 5) is 13.8. The molecule has 1 atom stereocenters. The van der Waals surface area contributed by atoms with Crippen LogP contribution in [-0.4, -0.2) is 18.1 Å². The van der Waals surface area contributed by atoms with Crippen molar-refractivity contribution in [3.8, 4) is 5.75 Å². The van der Waals surface area contributed by atoms with Gasteiger partial charge in [-0.1, -0.05) is 18.2 Å². The van der Waals surface area contributed by atoms with Crippen molar-refractivity contribution < 1.29 is 9.90 Å². The van der Waals surface area contributed by atoms with Crippen molar-refractivity contribution in [2.24, 2.45) is 0 Å². The number of nitrogens with zero attached hydrogens (tertiary/aromatic N) is 1. The van der Waals surface area contributed by atoms with E-state index < -0.39 is 0 Å². The molecule has 0 fully saturated rings. The molecule has 21 heavy (non-hydrogen) atoms. The van der Waals surface area contributed by atoms with Crippen LogP contribution in [0.2, 0.25) is 0 Å². The number of anilines is 2. The fourth-order valence-electron chi connectivity index (χ4n) is 2.72. The highest BCUT2D eigenvalue weighted by molar-refractivity contribution is 5.97. The quantitative estimate of drug-likeness (QED) is 0.832. The van der Waals surface area contributed by atoms with Gasteiger partial charge in [0.15, 0.2) is 0 Å². The number of aryl methyl sites for hydroxylation is 1. The normalized spacial score (nSPS) is 17.5. The van der Waals surface area contributed by atoms with Crippen molar-refractivity contribution in [3.05, 3.63) is 53.6 Å². The van der Waals surface area contributed by atoms with Gasteiger partial charge in [0.1, 0.15) is 5.75 Å². The van der Waals surface area contributed by atoms with Crippen LogP contribution in [0.3, 0.4) is 0 Å². The first-order valence-electron chi connectivity index (χ1n) is 6.98. The Balaban J connectivity index is 1.93. The van der Waals surface area contributed by atoms with Gasteiger partial charge in [-0.05, 0) is 42.3 Å². The number of fused-ring (bicyclic) bond motifs is 1. The number of carbonyl (C=O) groups is 1. The summed E-state index contributed by atoms with van der Waals surface area (Å²) in [6.45, 7) is 1.86. The van der Waals surface area contributed by atoms with E-state index >= 15 is 0 Å². The minimum Gasteiger partial charge on any atom is -0.508 e. The van der Waals surface area contributed by atoms with Crippen molar-refractivity contribution in [3.63, 3.8) is 0 Å². The second-order valence-electron chi connectivity index (χ2n) is 5.41. The molecule has 2 N–H and O–H groups in total. The summed E-state index contributed by atoms with van der Waals surface area (Å²) in [7, 11) is 1.81. The first-order chi connectivity index (χ1) is 10.1. The average molecular weight is 282 g/mol. The van der Waals surface area contributed by atoms with Gasteiger partial charge in [-0.25, -0.2) is 0 Å². The third-order valence-corrected chi connectivity index (χ3v) is 3.96. The van der Waals surface area contributed by atoms with Crippen molar-refractivity contribution in [1.29, 1.82) is 0 Å². The Morgan fingerprint density at radius 2 is 2.00 bits per heavy atom. The maximum absolute atomic E-state index is 12.1. The molecule has 2 aromatic carbocycles. The summed E-state index contributed by atoms with van der Waals surface area (Å²) in [5.41, 5.74) is 3.78. The molecule has 0 saturated carbocycles. The molecule has 1 heterocycles. The molecule has 0 aromatic heterocycles. The van der Waals surface area contributed by atoms with Crippen LogP contribution in [0.5, 0.6) is 5.75 Å². The SMILES string of the molecule is Cc1cc(NC2CC(=O)N(C)c3ccccc32)ccc1O. The molecule has 2 aromatic rings. The number of amides is 1. The molecule has 0 aliphatic carbocycles. The highest BCUT2D eigenvalue weighted by atomic mass is 16.3. The van der Waals surface area contributed by atoms with Crippen LogP contribution < -0.4 is 10.2 Å². The minimum absolute atomic E-state index is 0.0474. The molecule has 0 saturated heterocycles. The lowest BCUT2D eigenvalue weighted by atomic mass is 9.96. The van der Waals surface area contributed by atoms with Gasteiger partial charge in [-0.2, -0.15) is 0 Å². The second-order valence-corrected chi connectivity index (χ2v) is 5.41. The number of nitrogens with one attached hydrogen (secondary N) is 1. The summed E-state index contributed by atoms with van der Waals surface area (Å²) in [6.07, 6.45) is 0.424. The van der Waals surface area contributed by atoms with Gasteiger partial charge in [-0.3, -0.25) is 4.79 Å². The molecule has 4 heteroatoms. The highest BCUT2D eigenvalue weighted by Gasteiger charge is 2.28. The van der Waals surface area contributed by atoms with Crippen molar-refractivity contribution >= 4 is 17.3 Å². The Morgan fingerprint density at radius 1 is 1.24 bits per heavy atom. The Labute approximate surface area is 124 Å². The molecule has 0 spiro atoms. The number of phenolic OH excluding ortho intramolecular Hbond substituents is 1. The van der Waals surface area contributed by atoms with E-state index in [-0.39, 0.29) is 17.7 Å². The van der Waals surface area contributed by atoms with E-state index in [9.17, 15) is 9.90 Å². The fourth-order valence-corrected chi connectivity index (χ4v) is 2.72. The number of hydrogen-bond acceptors (Lipinski definition) is 3. The summed E-state index contributed by atoms with van der Waals surface area (Å²) in [5, 5.41) is 13.0. The van der Waals surface area contributed by atoms with E-state index in [1.165, 1.54) is 0 Å². The van der Waals surface area contributed by atoms with Crippen LogP contribution in [0.4, 0.5) is 11.4 Å². The zero-order chi connectivity index (χ0) is 15.0. The van der Waals surface area contributed by atoms with Gasteiger partial charge in [-0.15, -0.1) is 0 Å². The minimum atomic E-state index is -0.0474. The largest absolute Gasteiger partial charge is 0.508 e. The first-order valence-corrected chi connectivity index (χ1v) is 6.98. The number of hydrogen-bond donors (Lipinski definition) is 2. The Morgan fingerprint density at radius 3 is 2.76 bits per heavy atom. The molecule has 4 nitrogen and oxygen atoms in total. The zero-order valence-corrected chi connectivity index (χ0v) is 12.1. The number of phenols is 1. The maximum Gasteiger partial charge on any atom is 0.229 e. The average Bonchev–Trinajstić information content (AvgIpc) is 2.48. The predicted octanol–water partition coefficient (Wildman–Crippen LogP) is 3.22. The molecule has 1 aliphatic rings. The fraction of sp³-hybridized carbons (Fsp3) is 0.235. The van der Waals surface area contributed by atoms with Crippen molar-refractivity contribution in [2.75, 3.05) is 17.3 Å². The zero-order valence-electron chi connectivity index (χ0n) is 12.1. The van der Waals surface area contributed by atoms with Gasteiger partial charge in [0.2, 0.25) is 5.91 Å². The van der Waals surface area contributed by atoms with E-state index in [1.54, 1.807) is 11.0 Å². The highest BCUT2D eigenvalue weighted by Crippen LogP contribution is 2.36. The van der Waals surface area contributed by atoms with Gasteiger partial charge in [0, 0.05) is 18.4 Å². The maximum atomic E-state index is 12.1. The number of benzene rings is 2. The number of rotatable bonds is 2. The smallest absolute Gasteiger partial charge is 0.229 e. The molecule has 108 valence electrons. The number of aromatic hydroxyl groups is 1. The molecule has 1 unspecified atom stereocenters. The van der Waals surface area contributed by atoms with Crippen LogP contribution in [0, 0.1) is 6.92 Å². The van der Waals surface area contributed by atoms with Crippen molar-refractivity contribution in [1.82, 2.24) is 0 Å². The van der Waals surface area contributed by atoms with E-state index in [2.05, 4.69) is 5.32 Å². The third kappa shape index (κ3) is 2.44. The molecular weight excluding hydrogens is 264 g/mol. The molecule has 1 aliphatic heterocycles. The molecule has 0 bridgehead atoms. The van der Waals surface area contributed by atoms with Crippen molar-refractivity contribution in [2.45, 2.75) is 19.4 Å². The van der Waals surface area contributed by atoms with E-state index in [0.29, 0.717) is 6.42 Å². The molecule has 1 amide bonds. The molecular formula is C17H18N2O2. The summed E-state index contributed by atoms with van der Waals surface area (Å²) < 4.78 is 0. The van der Waals surface area contributed by atoms with Gasteiger partial charge >= 0.3 is 0 Å². The Kier molecular flexibility index (Phi) is 3.29. The lowest BCUT2D eigenvalue weighted by molar-refractivity contribution is -0.118. The predicted molar refractivity (Wildman–Crippen MR) is 83.7 cm³/mol. The summed E-state index contributed by atoms with van der Waals surface area (Å²) in [5.74, 6) is 0.377. The summed E-state index contributed by atoms with van der Waals surface area (Å²) >= 11 is 0. The van der Waals surface area contributed by atoms with E-state index in [1.807, 2.05) is 50.4 Å². The van der Waals surface area contributed by atoms with Crippen LogP contribution in [0.25, 0.3) is 0 Å². The molecule has 0 radical (unpaired) electrons. The van der Waals surface area contributed by atoms with Gasteiger partial charge in [0.05, 0.1) is 12.5 Å². The van der Waals surface area contributed by atoms with E-state index in [0.717, 1.165) is 22.5 Å². The van der Waals surface area contributed by atoms with Crippen LogP contribution in [0.15, 0.2) is 42.5 Å². The standard InChI is InChI=1S/C17H18N2O2/c1-11-9-12(7-8-16(11)20)18-14-10-17(21)19(2)15-6-4-3-5-13(14)15/h3-9,14,18,20H,10H2,1-2H3. The van der Waals surface area contributed by atoms with Crippen LogP contribution >= 0.6 is 0 Å². The molecule has 3 rings (SSSR count). The monoisotopic (exact) mass is 282 g/mol. The summed E-state index contributed by atoms with van der Waals surface area (Å²) in [6, 6.07) is 13.3. The third-order valence-electron chi connectivity index (χ3n) is 3.96. The van der Waals surface area contributed by atoms with Gasteiger partial charge < -0.3 is 15.3 Å². The first kappa shape index (κ1) is 13.5. The Bertz CT molecular complexity index is 697.